The van der Waals surface area contributed by atoms with Gasteiger partial charge in [0.15, 0.2) is 0 Å². The Bertz CT molecular complexity index is 580. The maximum atomic E-state index is 13.0. The largest absolute Gasteiger partial charge is 0.497 e. The molecule has 1 aromatic rings. The van der Waals surface area contributed by atoms with Crippen LogP contribution in [0.5, 0.6) is 5.75 Å². The van der Waals surface area contributed by atoms with Crippen LogP contribution in [0, 0.1) is 17.8 Å². The van der Waals surface area contributed by atoms with Crippen LogP contribution in [0.4, 0.5) is 5.69 Å². The molecular formula is C22H36N2O2. The van der Waals surface area contributed by atoms with Crippen molar-refractivity contribution in [2.24, 2.45) is 17.8 Å². The summed E-state index contributed by atoms with van der Waals surface area (Å²) < 4.78 is 5.32. The Morgan fingerprint density at radius 2 is 1.58 bits per heavy atom. The molecule has 3 atom stereocenters. The number of amides is 1. The Morgan fingerprint density at radius 1 is 1.00 bits per heavy atom. The fraction of sp³-hybridized carbons (Fsp3) is 0.682. The highest BCUT2D eigenvalue weighted by Gasteiger charge is 2.43. The molecule has 1 aromatic carbocycles. The summed E-state index contributed by atoms with van der Waals surface area (Å²) in [5.74, 6) is 2.42. The molecule has 1 amide bonds. The SMILES string of the molecule is COc1ccc(N2[C@H](CC(C)C)[C@H](C(C)C)NC(=O)[C@@H]2CC(C)C)cc1. The highest BCUT2D eigenvalue weighted by Crippen LogP contribution is 2.34. The van der Waals surface area contributed by atoms with E-state index in [1.54, 1.807) is 7.11 Å². The number of nitrogens with one attached hydrogen (secondary N) is 1. The number of piperazine rings is 1. The Labute approximate surface area is 159 Å². The van der Waals surface area contributed by atoms with Crippen LogP contribution in [0.15, 0.2) is 24.3 Å². The minimum absolute atomic E-state index is 0.123. The summed E-state index contributed by atoms with van der Waals surface area (Å²) in [6.45, 7) is 13.3. The average molecular weight is 361 g/mol. The molecule has 4 nitrogen and oxygen atoms in total. The number of hydrogen-bond acceptors (Lipinski definition) is 3. The Hall–Kier alpha value is -1.71. The van der Waals surface area contributed by atoms with Crippen molar-refractivity contribution in [2.45, 2.75) is 72.5 Å². The molecule has 1 aliphatic heterocycles. The Balaban J connectivity index is 2.48. The third-order valence-electron chi connectivity index (χ3n) is 5.22. The number of hydrogen-bond donors (Lipinski definition) is 1. The molecule has 26 heavy (non-hydrogen) atoms. The predicted octanol–water partition coefficient (Wildman–Crippen LogP) is 4.49. The lowest BCUT2D eigenvalue weighted by Crippen LogP contribution is -2.67. The predicted molar refractivity (Wildman–Crippen MR) is 109 cm³/mol. The van der Waals surface area contributed by atoms with Crippen molar-refractivity contribution < 1.29 is 9.53 Å². The third kappa shape index (κ3) is 4.72. The zero-order valence-electron chi connectivity index (χ0n) is 17.5. The number of ether oxygens (including phenoxy) is 1. The minimum Gasteiger partial charge on any atom is -0.497 e. The summed E-state index contributed by atoms with van der Waals surface area (Å²) in [5.41, 5.74) is 1.11. The molecule has 146 valence electrons. The van der Waals surface area contributed by atoms with Gasteiger partial charge in [-0.2, -0.15) is 0 Å². The molecule has 4 heteroatoms. The zero-order chi connectivity index (χ0) is 19.4. The maximum Gasteiger partial charge on any atom is 0.243 e. The van der Waals surface area contributed by atoms with Gasteiger partial charge in [-0.3, -0.25) is 4.79 Å². The molecule has 0 saturated carbocycles. The van der Waals surface area contributed by atoms with Crippen molar-refractivity contribution in [3.05, 3.63) is 24.3 Å². The third-order valence-corrected chi connectivity index (χ3v) is 5.22. The molecule has 2 rings (SSSR count). The highest BCUT2D eigenvalue weighted by molar-refractivity contribution is 5.87. The van der Waals surface area contributed by atoms with Crippen LogP contribution in [-0.4, -0.2) is 31.1 Å². The molecule has 0 unspecified atom stereocenters. The van der Waals surface area contributed by atoms with Crippen molar-refractivity contribution >= 4 is 11.6 Å². The van der Waals surface area contributed by atoms with Crippen molar-refractivity contribution in [1.82, 2.24) is 5.32 Å². The fourth-order valence-electron chi connectivity index (χ4n) is 4.03. The van der Waals surface area contributed by atoms with Crippen LogP contribution in [-0.2, 0) is 4.79 Å². The highest BCUT2D eigenvalue weighted by atomic mass is 16.5. The number of anilines is 1. The van der Waals surface area contributed by atoms with Crippen LogP contribution in [0.25, 0.3) is 0 Å². The van der Waals surface area contributed by atoms with Crippen molar-refractivity contribution in [1.29, 1.82) is 0 Å². The molecule has 1 N–H and O–H groups in total. The smallest absolute Gasteiger partial charge is 0.243 e. The van der Waals surface area contributed by atoms with E-state index >= 15 is 0 Å². The topological polar surface area (TPSA) is 41.6 Å². The molecule has 0 aromatic heterocycles. The lowest BCUT2D eigenvalue weighted by molar-refractivity contribution is -0.126. The monoisotopic (exact) mass is 360 g/mol. The van der Waals surface area contributed by atoms with Gasteiger partial charge in [-0.25, -0.2) is 0 Å². The lowest BCUT2D eigenvalue weighted by Gasteiger charge is -2.50. The van der Waals surface area contributed by atoms with Crippen LogP contribution < -0.4 is 15.0 Å². The first-order chi connectivity index (χ1) is 12.2. The Morgan fingerprint density at radius 3 is 2.04 bits per heavy atom. The van der Waals surface area contributed by atoms with E-state index in [0.717, 1.165) is 24.3 Å². The summed E-state index contributed by atoms with van der Waals surface area (Å²) in [6, 6.07) is 8.50. The molecule has 0 radical (unpaired) electrons. The van der Waals surface area contributed by atoms with Gasteiger partial charge in [0.2, 0.25) is 5.91 Å². The van der Waals surface area contributed by atoms with Gasteiger partial charge >= 0.3 is 0 Å². The lowest BCUT2D eigenvalue weighted by atomic mass is 9.83. The van der Waals surface area contributed by atoms with Crippen LogP contribution in [0.1, 0.15) is 54.4 Å². The van der Waals surface area contributed by atoms with Crippen LogP contribution >= 0.6 is 0 Å². The molecule has 1 saturated heterocycles. The molecule has 1 fully saturated rings. The zero-order valence-corrected chi connectivity index (χ0v) is 17.5. The standard InChI is InChI=1S/C22H36N2O2/c1-14(2)12-19-21(16(5)6)23-22(25)20(13-15(3)4)24(19)17-8-10-18(26-7)11-9-17/h8-11,14-16,19-21H,12-13H2,1-7H3,(H,23,25)/t19-,20+,21+/m1/s1. The van der Waals surface area contributed by atoms with Gasteiger partial charge in [0.05, 0.1) is 19.2 Å². The van der Waals surface area contributed by atoms with Crippen LogP contribution in [0.3, 0.4) is 0 Å². The first-order valence-corrected chi connectivity index (χ1v) is 9.97. The number of nitrogens with zero attached hydrogens (tertiary/aromatic N) is 1. The van der Waals surface area contributed by atoms with Gasteiger partial charge in [-0.15, -0.1) is 0 Å². The van der Waals surface area contributed by atoms with Gasteiger partial charge in [0, 0.05) is 5.69 Å². The molecule has 0 aliphatic carbocycles. The fourth-order valence-corrected chi connectivity index (χ4v) is 4.03. The number of benzene rings is 1. The number of carbonyl (C=O) groups is 1. The van der Waals surface area contributed by atoms with E-state index in [0.29, 0.717) is 23.8 Å². The minimum atomic E-state index is -0.123. The molecular weight excluding hydrogens is 324 g/mol. The number of carbonyl (C=O) groups excluding carboxylic acids is 1. The molecule has 0 spiro atoms. The van der Waals surface area contributed by atoms with E-state index in [4.69, 9.17) is 4.74 Å². The maximum absolute atomic E-state index is 13.0. The summed E-state index contributed by atoms with van der Waals surface area (Å²) in [6.07, 6.45) is 1.92. The van der Waals surface area contributed by atoms with Gasteiger partial charge in [0.25, 0.3) is 0 Å². The van der Waals surface area contributed by atoms with E-state index in [1.165, 1.54) is 0 Å². The van der Waals surface area contributed by atoms with Gasteiger partial charge in [-0.1, -0.05) is 41.5 Å². The van der Waals surface area contributed by atoms with E-state index in [2.05, 4.69) is 63.9 Å². The Kier molecular flexibility index (Phi) is 6.96. The molecule has 1 heterocycles. The second kappa shape index (κ2) is 8.79. The van der Waals surface area contributed by atoms with E-state index in [9.17, 15) is 4.79 Å². The van der Waals surface area contributed by atoms with E-state index in [1.807, 2.05) is 12.1 Å². The van der Waals surface area contributed by atoms with E-state index < -0.39 is 0 Å². The second-order valence-corrected chi connectivity index (χ2v) is 8.73. The summed E-state index contributed by atoms with van der Waals surface area (Å²) in [5, 5.41) is 3.34. The first kappa shape index (κ1) is 20.6. The van der Waals surface area contributed by atoms with Crippen LogP contribution in [0.2, 0.25) is 0 Å². The summed E-state index contributed by atoms with van der Waals surface area (Å²) in [4.78, 5) is 15.4. The summed E-state index contributed by atoms with van der Waals surface area (Å²) in [7, 11) is 1.68. The van der Waals surface area contributed by atoms with Gasteiger partial charge in [-0.05, 0) is 54.9 Å². The number of rotatable bonds is 7. The second-order valence-electron chi connectivity index (χ2n) is 8.73. The number of methoxy groups -OCH3 is 1. The van der Waals surface area contributed by atoms with E-state index in [-0.39, 0.29) is 18.0 Å². The summed E-state index contributed by atoms with van der Waals surface area (Å²) >= 11 is 0. The van der Waals surface area contributed by atoms with Gasteiger partial charge < -0.3 is 15.0 Å². The van der Waals surface area contributed by atoms with Crippen molar-refractivity contribution in [3.8, 4) is 5.75 Å². The van der Waals surface area contributed by atoms with Gasteiger partial charge in [0.1, 0.15) is 11.8 Å². The van der Waals surface area contributed by atoms with Crippen molar-refractivity contribution in [3.63, 3.8) is 0 Å². The van der Waals surface area contributed by atoms with Crippen molar-refractivity contribution in [2.75, 3.05) is 12.0 Å². The molecule has 1 aliphatic rings. The normalized spacial score (nSPS) is 23.7. The first-order valence-electron chi connectivity index (χ1n) is 9.97. The quantitative estimate of drug-likeness (QED) is 0.779. The molecule has 0 bridgehead atoms. The average Bonchev–Trinajstić information content (AvgIpc) is 2.57.